The number of ether oxygens (including phenoxy) is 2. The van der Waals surface area contributed by atoms with Crippen molar-refractivity contribution >= 4 is 21.6 Å². The van der Waals surface area contributed by atoms with E-state index < -0.39 is 9.84 Å². The van der Waals surface area contributed by atoms with Gasteiger partial charge in [-0.3, -0.25) is 0 Å². The Morgan fingerprint density at radius 2 is 2.12 bits per heavy atom. The van der Waals surface area contributed by atoms with Crippen LogP contribution in [0.5, 0.6) is 11.5 Å². The van der Waals surface area contributed by atoms with Crippen LogP contribution in [0.1, 0.15) is 12.0 Å². The van der Waals surface area contributed by atoms with E-state index in [1.54, 1.807) is 0 Å². The molecule has 1 aromatic carbocycles. The minimum absolute atomic E-state index is 0.122. The largest absolute Gasteiger partial charge is 0.454 e. The molecule has 1 unspecified atom stereocenters. The smallest absolute Gasteiger partial charge is 0.244 e. The van der Waals surface area contributed by atoms with Crippen LogP contribution < -0.4 is 20.1 Å². The Bertz CT molecular complexity index is 889. The van der Waals surface area contributed by atoms with Gasteiger partial charge in [0.25, 0.3) is 0 Å². The van der Waals surface area contributed by atoms with Crippen LogP contribution in [0, 0.1) is 0 Å². The van der Waals surface area contributed by atoms with Gasteiger partial charge in [0, 0.05) is 12.6 Å². The van der Waals surface area contributed by atoms with Gasteiger partial charge >= 0.3 is 0 Å². The fourth-order valence-corrected chi connectivity index (χ4v) is 4.47. The molecule has 1 saturated heterocycles. The molecule has 0 radical (unpaired) electrons. The van der Waals surface area contributed by atoms with E-state index in [2.05, 4.69) is 25.8 Å². The Hall–Kier alpha value is -2.62. The van der Waals surface area contributed by atoms with Crippen molar-refractivity contribution < 1.29 is 17.9 Å². The highest BCUT2D eigenvalue weighted by atomic mass is 32.2. The van der Waals surface area contributed by atoms with Crippen LogP contribution in [0.2, 0.25) is 0 Å². The number of benzene rings is 1. The molecule has 0 spiro atoms. The van der Waals surface area contributed by atoms with Gasteiger partial charge in [-0.2, -0.15) is 10.1 Å². The summed E-state index contributed by atoms with van der Waals surface area (Å²) in [5, 5.41) is 14.0. The summed E-state index contributed by atoms with van der Waals surface area (Å²) in [6.45, 7) is 0.740. The molecule has 2 aliphatic heterocycles. The van der Waals surface area contributed by atoms with Gasteiger partial charge in [0.05, 0.1) is 17.7 Å². The van der Waals surface area contributed by atoms with Crippen LogP contribution >= 0.6 is 0 Å². The highest BCUT2D eigenvalue weighted by molar-refractivity contribution is 7.91. The number of anilines is 2. The molecule has 0 saturated carbocycles. The monoisotopic (exact) mass is 363 g/mol. The molecule has 0 bridgehead atoms. The first-order valence-corrected chi connectivity index (χ1v) is 9.69. The molecular formula is C15H17N5O4S. The third-order valence-corrected chi connectivity index (χ3v) is 5.80. The van der Waals surface area contributed by atoms with Crippen LogP contribution in [0.25, 0.3) is 0 Å². The molecule has 132 valence electrons. The zero-order valence-corrected chi connectivity index (χ0v) is 14.1. The normalized spacial score (nSPS) is 20.4. The number of nitrogens with one attached hydrogen (secondary N) is 2. The van der Waals surface area contributed by atoms with Crippen molar-refractivity contribution in [1.82, 2.24) is 15.2 Å². The van der Waals surface area contributed by atoms with Crippen LogP contribution in [0.4, 0.5) is 11.8 Å². The average molecular weight is 363 g/mol. The second-order valence-corrected chi connectivity index (χ2v) is 8.18. The highest BCUT2D eigenvalue weighted by Gasteiger charge is 2.28. The number of hydrogen-bond donors (Lipinski definition) is 2. The lowest BCUT2D eigenvalue weighted by Crippen LogP contribution is -2.21. The number of sulfone groups is 1. The van der Waals surface area contributed by atoms with E-state index in [0.717, 1.165) is 17.1 Å². The topological polar surface area (TPSA) is 115 Å². The lowest BCUT2D eigenvalue weighted by Gasteiger charge is -2.12. The number of nitrogens with zero attached hydrogens (tertiary/aromatic N) is 3. The molecule has 2 aliphatic rings. The highest BCUT2D eigenvalue weighted by Crippen LogP contribution is 2.32. The van der Waals surface area contributed by atoms with E-state index in [1.807, 2.05) is 18.2 Å². The molecule has 2 N–H and O–H groups in total. The number of aromatic nitrogens is 3. The van der Waals surface area contributed by atoms with Gasteiger partial charge in [0.1, 0.15) is 0 Å². The Morgan fingerprint density at radius 1 is 1.24 bits per heavy atom. The van der Waals surface area contributed by atoms with Crippen molar-refractivity contribution in [2.24, 2.45) is 0 Å². The number of hydrogen-bond acceptors (Lipinski definition) is 9. The summed E-state index contributed by atoms with van der Waals surface area (Å²) in [5.74, 6) is 2.65. The van der Waals surface area contributed by atoms with Crippen LogP contribution in [0.15, 0.2) is 24.4 Å². The maximum atomic E-state index is 11.5. The summed E-state index contributed by atoms with van der Waals surface area (Å²) < 4.78 is 33.7. The Kier molecular flexibility index (Phi) is 4.04. The van der Waals surface area contributed by atoms with Gasteiger partial charge in [-0.25, -0.2) is 8.42 Å². The third-order valence-electron chi connectivity index (χ3n) is 4.03. The predicted molar refractivity (Wildman–Crippen MR) is 90.4 cm³/mol. The van der Waals surface area contributed by atoms with Crippen molar-refractivity contribution in [1.29, 1.82) is 0 Å². The molecule has 1 aromatic heterocycles. The van der Waals surface area contributed by atoms with E-state index in [4.69, 9.17) is 9.47 Å². The lowest BCUT2D eigenvalue weighted by atomic mass is 10.2. The molecule has 2 aromatic rings. The quantitative estimate of drug-likeness (QED) is 0.796. The van der Waals surface area contributed by atoms with Crippen molar-refractivity contribution in [3.8, 4) is 11.5 Å². The maximum absolute atomic E-state index is 11.5. The van der Waals surface area contributed by atoms with Gasteiger partial charge in [-0.15, -0.1) is 5.10 Å². The van der Waals surface area contributed by atoms with Crippen molar-refractivity contribution in [3.63, 3.8) is 0 Å². The zero-order valence-electron chi connectivity index (χ0n) is 13.3. The van der Waals surface area contributed by atoms with Crippen LogP contribution in [-0.2, 0) is 16.4 Å². The standard InChI is InChI=1S/C15H17N5O4S/c21-25(22)4-3-11(8-25)18-14-7-17-20-15(19-14)16-6-10-1-2-12-13(5-10)24-9-23-12/h1-2,5,7,11H,3-4,6,8-9H2,(H2,16,18,19,20). The molecular weight excluding hydrogens is 346 g/mol. The minimum Gasteiger partial charge on any atom is -0.454 e. The SMILES string of the molecule is O=S1(=O)CCC(Nc2cnnc(NCc3ccc4c(c3)OCO4)n2)C1. The summed E-state index contributed by atoms with van der Waals surface area (Å²) in [5.41, 5.74) is 0.994. The van der Waals surface area contributed by atoms with E-state index in [1.165, 1.54) is 6.20 Å². The lowest BCUT2D eigenvalue weighted by molar-refractivity contribution is 0.174. The molecule has 3 heterocycles. The summed E-state index contributed by atoms with van der Waals surface area (Å²) in [6, 6.07) is 5.55. The first kappa shape index (κ1) is 15.9. The van der Waals surface area contributed by atoms with E-state index in [0.29, 0.717) is 24.7 Å². The molecule has 1 fully saturated rings. The van der Waals surface area contributed by atoms with Crippen molar-refractivity contribution in [3.05, 3.63) is 30.0 Å². The number of fused-ring (bicyclic) bond motifs is 1. The first-order valence-electron chi connectivity index (χ1n) is 7.86. The molecule has 1 atom stereocenters. The fourth-order valence-electron chi connectivity index (χ4n) is 2.80. The molecule has 0 aliphatic carbocycles. The Labute approximate surface area is 144 Å². The van der Waals surface area contributed by atoms with Gasteiger partial charge in [0.15, 0.2) is 27.2 Å². The van der Waals surface area contributed by atoms with Gasteiger partial charge in [0.2, 0.25) is 12.7 Å². The minimum atomic E-state index is -2.94. The predicted octanol–water partition coefficient (Wildman–Crippen LogP) is 0.811. The Balaban J connectivity index is 1.38. The first-order chi connectivity index (χ1) is 12.1. The van der Waals surface area contributed by atoms with E-state index in [9.17, 15) is 8.42 Å². The summed E-state index contributed by atoms with van der Waals surface area (Å²) in [6.07, 6.45) is 2.06. The zero-order chi connectivity index (χ0) is 17.3. The summed E-state index contributed by atoms with van der Waals surface area (Å²) in [4.78, 5) is 4.32. The molecule has 10 heteroatoms. The third kappa shape index (κ3) is 3.73. The van der Waals surface area contributed by atoms with Crippen LogP contribution in [-0.4, -0.2) is 47.9 Å². The summed E-state index contributed by atoms with van der Waals surface area (Å²) in [7, 11) is -2.94. The van der Waals surface area contributed by atoms with Crippen molar-refractivity contribution in [2.45, 2.75) is 19.0 Å². The van der Waals surface area contributed by atoms with Gasteiger partial charge in [-0.05, 0) is 24.1 Å². The maximum Gasteiger partial charge on any atom is 0.244 e. The van der Waals surface area contributed by atoms with Crippen LogP contribution in [0.3, 0.4) is 0 Å². The fraction of sp³-hybridized carbons (Fsp3) is 0.400. The second kappa shape index (κ2) is 6.36. The van der Waals surface area contributed by atoms with Gasteiger partial charge < -0.3 is 20.1 Å². The molecule has 0 amide bonds. The van der Waals surface area contributed by atoms with Gasteiger partial charge in [-0.1, -0.05) is 6.07 Å². The molecule has 25 heavy (non-hydrogen) atoms. The van der Waals surface area contributed by atoms with E-state index >= 15 is 0 Å². The average Bonchev–Trinajstić information content (AvgIpc) is 3.18. The molecule has 9 nitrogen and oxygen atoms in total. The van der Waals surface area contributed by atoms with E-state index in [-0.39, 0.29) is 24.3 Å². The second-order valence-electron chi connectivity index (χ2n) is 5.95. The molecule has 4 rings (SSSR count). The summed E-state index contributed by atoms with van der Waals surface area (Å²) >= 11 is 0. The number of rotatable bonds is 5. The Morgan fingerprint density at radius 3 is 2.96 bits per heavy atom. The van der Waals surface area contributed by atoms with Crippen molar-refractivity contribution in [2.75, 3.05) is 28.9 Å².